The fourth-order valence-electron chi connectivity index (χ4n) is 0. The van der Waals surface area contributed by atoms with Gasteiger partial charge in [-0.15, -0.1) is 9.05 Å². The summed E-state index contributed by atoms with van der Waals surface area (Å²) in [4.78, 5) is 0. The van der Waals surface area contributed by atoms with Gasteiger partial charge in [-0.05, 0) is 11.2 Å². The monoisotopic (exact) mass is 171 g/mol. The van der Waals surface area contributed by atoms with E-state index in [1.54, 1.807) is 0 Å². The third-order valence-corrected chi connectivity index (χ3v) is 0. The molecule has 0 radical (unpaired) electrons. The van der Waals surface area contributed by atoms with E-state index in [9.17, 15) is 0 Å². The minimum absolute atomic E-state index is 0. The van der Waals surface area contributed by atoms with Gasteiger partial charge in [-0.3, -0.25) is 4.21 Å². The van der Waals surface area contributed by atoms with Crippen LogP contribution >= 0.6 is 0 Å². The number of hydrogen-bond acceptors (Lipinski definition) is 4. The topological polar surface area (TPSA) is 126 Å². The van der Waals surface area contributed by atoms with E-state index in [2.05, 4.69) is 11.2 Å². The first-order valence-corrected chi connectivity index (χ1v) is 3.00. The van der Waals surface area contributed by atoms with E-state index in [-0.39, 0.29) is 40.5 Å². The van der Waals surface area contributed by atoms with Crippen LogP contribution in [0.15, 0.2) is 0 Å². The van der Waals surface area contributed by atoms with Gasteiger partial charge >= 0.3 is 29.6 Å². The average Bonchev–Trinajstić information content (AvgIpc) is 0.722. The molecule has 0 spiro atoms. The molecule has 0 saturated heterocycles. The Bertz CT molecular complexity index is 93.6. The molecule has 0 bridgehead atoms. The quantitative estimate of drug-likeness (QED) is 0.336. The molecule has 0 aromatic heterocycles. The van der Waals surface area contributed by atoms with E-state index in [1.807, 2.05) is 0 Å². The Kier molecular flexibility index (Phi) is 23.5. The Morgan fingerprint density at radius 1 is 1.25 bits per heavy atom. The van der Waals surface area contributed by atoms with Crippen molar-refractivity contribution in [1.82, 2.24) is 0 Å². The molecule has 0 aliphatic carbocycles. The zero-order valence-corrected chi connectivity index (χ0v) is 7.67. The van der Waals surface area contributed by atoms with E-state index in [4.69, 9.17) is 13.3 Å². The van der Waals surface area contributed by atoms with Gasteiger partial charge in [0.1, 0.15) is 0 Å². The van der Waals surface area contributed by atoms with E-state index in [0.717, 1.165) is 0 Å². The maximum absolute atomic E-state index is 8.89. The van der Waals surface area contributed by atoms with E-state index in [0.29, 0.717) is 0 Å². The van der Waals surface area contributed by atoms with Crippen molar-refractivity contribution >= 4 is 20.2 Å². The summed E-state index contributed by atoms with van der Waals surface area (Å²) in [5, 5.41) is 0. The molecule has 4 N–H and O–H groups in total. The standard InChI is InChI=1S/Na.H2O3S2.2H2O/c;1-5(2,3)4;;/h;(H2,1,2,3,4);2*1H2/q+1;;;/p-2. The minimum Gasteiger partial charge on any atom is -0.780 e. The molecule has 0 rings (SSSR count). The molecule has 0 aromatic carbocycles. The Hall–Kier alpha value is 1.21. The summed E-state index contributed by atoms with van der Waals surface area (Å²) in [6, 6.07) is 0. The zero-order chi connectivity index (χ0) is 4.50. The molecule has 8 heavy (non-hydrogen) atoms. The summed E-state index contributed by atoms with van der Waals surface area (Å²) in [5.41, 5.74) is 0. The van der Waals surface area contributed by atoms with Crippen molar-refractivity contribution in [3.8, 4) is 0 Å². The first-order chi connectivity index (χ1) is 2.00. The van der Waals surface area contributed by atoms with Crippen LogP contribution in [-0.2, 0) is 20.2 Å². The minimum atomic E-state index is -4.33. The largest absolute Gasteiger partial charge is 1.00 e. The van der Waals surface area contributed by atoms with Crippen molar-refractivity contribution in [1.29, 1.82) is 0 Å². The SMILES string of the molecule is O.O.O=S([O-])([O-])=S.[Na+]. The molecule has 0 fully saturated rings. The molecular formula is H4NaO5S2-. The Balaban J connectivity index is -0.0000000267. The second kappa shape index (κ2) is 8.21. The fourth-order valence-corrected chi connectivity index (χ4v) is 0. The number of hydrogen-bond donors (Lipinski definition) is 0. The van der Waals surface area contributed by atoms with Crippen LogP contribution in [0.3, 0.4) is 0 Å². The van der Waals surface area contributed by atoms with Gasteiger partial charge in [0.25, 0.3) is 0 Å². The van der Waals surface area contributed by atoms with Crippen molar-refractivity contribution < 1.29 is 53.8 Å². The molecule has 0 saturated carbocycles. The van der Waals surface area contributed by atoms with Crippen LogP contribution in [0.4, 0.5) is 0 Å². The van der Waals surface area contributed by atoms with Gasteiger partial charge in [-0.25, -0.2) is 0 Å². The van der Waals surface area contributed by atoms with Crippen LogP contribution in [0.5, 0.6) is 0 Å². The maximum Gasteiger partial charge on any atom is 1.00 e. The smallest absolute Gasteiger partial charge is 0.780 e. The van der Waals surface area contributed by atoms with Crippen LogP contribution in [0.25, 0.3) is 0 Å². The molecule has 0 aliphatic rings. The average molecular weight is 171 g/mol. The Labute approximate surface area is 73.7 Å². The summed E-state index contributed by atoms with van der Waals surface area (Å²) in [6.07, 6.45) is 0. The first-order valence-electron chi connectivity index (χ1n) is 0.667. The molecule has 5 nitrogen and oxygen atoms in total. The molecule has 0 unspecified atom stereocenters. The molecule has 8 heteroatoms. The zero-order valence-electron chi connectivity index (χ0n) is 4.04. The maximum atomic E-state index is 8.89. The van der Waals surface area contributed by atoms with Crippen LogP contribution in [0.1, 0.15) is 0 Å². The van der Waals surface area contributed by atoms with Gasteiger partial charge in [0.15, 0.2) is 0 Å². The summed E-state index contributed by atoms with van der Waals surface area (Å²) in [7, 11) is -4.33. The molecule has 0 amide bonds. The van der Waals surface area contributed by atoms with Crippen molar-refractivity contribution in [2.24, 2.45) is 0 Å². The van der Waals surface area contributed by atoms with Gasteiger partial charge in [0, 0.05) is 0 Å². The van der Waals surface area contributed by atoms with Crippen molar-refractivity contribution in [2.45, 2.75) is 0 Å². The van der Waals surface area contributed by atoms with Gasteiger partial charge in [-0.2, -0.15) is 0 Å². The summed E-state index contributed by atoms with van der Waals surface area (Å²) >= 11 is 3.24. The molecular weight excluding hydrogens is 167 g/mol. The molecule has 0 aliphatic heterocycles. The van der Waals surface area contributed by atoms with Crippen molar-refractivity contribution in [2.75, 3.05) is 0 Å². The van der Waals surface area contributed by atoms with Crippen molar-refractivity contribution in [3.05, 3.63) is 0 Å². The predicted octanol–water partition coefficient (Wildman–Crippen LogP) is -5.65. The van der Waals surface area contributed by atoms with E-state index < -0.39 is 9.05 Å². The van der Waals surface area contributed by atoms with Crippen LogP contribution < -0.4 is 29.6 Å². The summed E-state index contributed by atoms with van der Waals surface area (Å²) < 4.78 is 26.7. The van der Waals surface area contributed by atoms with Gasteiger partial charge in [-0.1, -0.05) is 0 Å². The Morgan fingerprint density at radius 2 is 1.25 bits per heavy atom. The van der Waals surface area contributed by atoms with Gasteiger partial charge < -0.3 is 20.1 Å². The summed E-state index contributed by atoms with van der Waals surface area (Å²) in [5.74, 6) is 0. The second-order valence-electron chi connectivity index (χ2n) is 0.408. The molecule has 48 valence electrons. The van der Waals surface area contributed by atoms with Crippen LogP contribution in [-0.4, -0.2) is 24.3 Å². The molecule has 0 heterocycles. The first kappa shape index (κ1) is 22.9. The van der Waals surface area contributed by atoms with Crippen molar-refractivity contribution in [3.63, 3.8) is 0 Å². The van der Waals surface area contributed by atoms with Crippen LogP contribution in [0, 0.1) is 0 Å². The second-order valence-corrected chi connectivity index (χ2v) is 2.45. The van der Waals surface area contributed by atoms with Gasteiger partial charge in [0.2, 0.25) is 0 Å². The third-order valence-electron chi connectivity index (χ3n) is 0. The van der Waals surface area contributed by atoms with E-state index >= 15 is 0 Å². The van der Waals surface area contributed by atoms with E-state index in [1.165, 1.54) is 0 Å². The third kappa shape index (κ3) is 190. The molecule has 0 atom stereocenters. The van der Waals surface area contributed by atoms with Gasteiger partial charge in [0.05, 0.1) is 0 Å². The Morgan fingerprint density at radius 3 is 1.25 bits per heavy atom. The van der Waals surface area contributed by atoms with Crippen LogP contribution in [0.2, 0.25) is 0 Å². The molecule has 0 aromatic rings. The normalized spacial score (nSPS) is 7.25. The summed E-state index contributed by atoms with van der Waals surface area (Å²) in [6.45, 7) is 0. The predicted molar refractivity (Wildman–Crippen MR) is 24.3 cm³/mol. The number of rotatable bonds is 0. The fraction of sp³-hybridized carbons (Fsp3) is 0.